The van der Waals surface area contributed by atoms with Gasteiger partial charge in [-0.05, 0) is 49.1 Å². The van der Waals surface area contributed by atoms with Crippen molar-refractivity contribution in [2.45, 2.75) is 13.3 Å². The number of likely N-dealkylation sites (tertiary alicyclic amines) is 1. The van der Waals surface area contributed by atoms with Gasteiger partial charge in [0, 0.05) is 24.2 Å². The average Bonchev–Trinajstić information content (AvgIpc) is 2.88. The summed E-state index contributed by atoms with van der Waals surface area (Å²) in [6.07, 6.45) is 4.43. The topological polar surface area (TPSA) is 46.3 Å². The normalized spacial score (nSPS) is 19.3. The molecule has 4 heteroatoms. The van der Waals surface area contributed by atoms with E-state index in [4.69, 9.17) is 17.3 Å². The average molecular weight is 279 g/mol. The minimum Gasteiger partial charge on any atom is -0.339 e. The quantitative estimate of drug-likeness (QED) is 0.864. The molecule has 1 aliphatic heterocycles. The van der Waals surface area contributed by atoms with Crippen molar-refractivity contribution in [3.63, 3.8) is 0 Å². The van der Waals surface area contributed by atoms with Gasteiger partial charge >= 0.3 is 0 Å². The zero-order chi connectivity index (χ0) is 13.8. The lowest BCUT2D eigenvalue weighted by Gasteiger charge is -2.13. The first-order valence-corrected chi connectivity index (χ1v) is 6.91. The van der Waals surface area contributed by atoms with Crippen LogP contribution in [0.2, 0.25) is 5.02 Å². The highest BCUT2D eigenvalue weighted by atomic mass is 35.5. The maximum Gasteiger partial charge on any atom is 0.246 e. The molecule has 0 aromatic heterocycles. The van der Waals surface area contributed by atoms with E-state index < -0.39 is 0 Å². The van der Waals surface area contributed by atoms with Crippen LogP contribution in [0.25, 0.3) is 6.08 Å². The molecular weight excluding hydrogens is 260 g/mol. The molecule has 1 aromatic carbocycles. The number of carbonyl (C=O) groups excluding carboxylic acids is 1. The van der Waals surface area contributed by atoms with Crippen molar-refractivity contribution in [1.29, 1.82) is 0 Å². The summed E-state index contributed by atoms with van der Waals surface area (Å²) >= 11 is 6.05. The summed E-state index contributed by atoms with van der Waals surface area (Å²) in [6.45, 7) is 4.19. The van der Waals surface area contributed by atoms with Crippen LogP contribution < -0.4 is 5.73 Å². The first-order chi connectivity index (χ1) is 9.10. The number of hydrogen-bond acceptors (Lipinski definition) is 2. The Morgan fingerprint density at radius 3 is 3.00 bits per heavy atom. The standard InChI is InChI=1S/C15H19ClN2O/c1-11-2-3-12(8-14(11)16)4-5-15(19)18-7-6-13(9-17)10-18/h2-5,8,13H,6-7,9-10,17H2,1H3/b5-4+. The zero-order valence-corrected chi connectivity index (χ0v) is 11.9. The smallest absolute Gasteiger partial charge is 0.246 e. The van der Waals surface area contributed by atoms with Crippen LogP contribution in [-0.2, 0) is 4.79 Å². The highest BCUT2D eigenvalue weighted by molar-refractivity contribution is 6.31. The Bertz CT molecular complexity index is 499. The molecule has 102 valence electrons. The van der Waals surface area contributed by atoms with Gasteiger partial charge in [0.25, 0.3) is 0 Å². The van der Waals surface area contributed by atoms with E-state index in [-0.39, 0.29) is 5.91 Å². The minimum atomic E-state index is 0.0487. The van der Waals surface area contributed by atoms with Crippen molar-refractivity contribution in [1.82, 2.24) is 4.90 Å². The van der Waals surface area contributed by atoms with E-state index in [9.17, 15) is 4.79 Å². The fourth-order valence-electron chi connectivity index (χ4n) is 2.21. The van der Waals surface area contributed by atoms with Crippen LogP contribution in [0.5, 0.6) is 0 Å². The molecule has 19 heavy (non-hydrogen) atoms. The Hall–Kier alpha value is -1.32. The molecule has 1 saturated heterocycles. The van der Waals surface area contributed by atoms with Crippen LogP contribution in [0, 0.1) is 12.8 Å². The van der Waals surface area contributed by atoms with E-state index in [1.807, 2.05) is 36.1 Å². The number of nitrogens with two attached hydrogens (primary N) is 1. The number of amides is 1. The largest absolute Gasteiger partial charge is 0.339 e. The summed E-state index contributed by atoms with van der Waals surface area (Å²) in [5.74, 6) is 0.499. The summed E-state index contributed by atoms with van der Waals surface area (Å²) in [5.41, 5.74) is 7.60. The fraction of sp³-hybridized carbons (Fsp3) is 0.400. The molecule has 0 saturated carbocycles. The van der Waals surface area contributed by atoms with Gasteiger partial charge in [0.15, 0.2) is 0 Å². The van der Waals surface area contributed by atoms with Gasteiger partial charge in [-0.2, -0.15) is 0 Å². The van der Waals surface area contributed by atoms with Crippen molar-refractivity contribution >= 4 is 23.6 Å². The molecule has 1 aliphatic rings. The summed E-state index contributed by atoms with van der Waals surface area (Å²) < 4.78 is 0. The van der Waals surface area contributed by atoms with Gasteiger partial charge < -0.3 is 10.6 Å². The van der Waals surface area contributed by atoms with Gasteiger partial charge in [0.2, 0.25) is 5.91 Å². The number of carbonyl (C=O) groups is 1. The first-order valence-electron chi connectivity index (χ1n) is 6.53. The molecule has 0 radical (unpaired) electrons. The third-order valence-corrected chi connectivity index (χ3v) is 3.95. The van der Waals surface area contributed by atoms with E-state index in [1.165, 1.54) is 0 Å². The maximum atomic E-state index is 12.0. The second-order valence-corrected chi connectivity index (χ2v) is 5.42. The molecule has 0 aliphatic carbocycles. The lowest BCUT2D eigenvalue weighted by Crippen LogP contribution is -2.28. The van der Waals surface area contributed by atoms with Gasteiger partial charge in [-0.25, -0.2) is 0 Å². The Morgan fingerprint density at radius 2 is 2.37 bits per heavy atom. The van der Waals surface area contributed by atoms with Gasteiger partial charge in [-0.3, -0.25) is 4.79 Å². The number of halogens is 1. The summed E-state index contributed by atoms with van der Waals surface area (Å²) in [4.78, 5) is 13.8. The predicted molar refractivity (Wildman–Crippen MR) is 79.0 cm³/mol. The van der Waals surface area contributed by atoms with Gasteiger partial charge in [-0.15, -0.1) is 0 Å². The van der Waals surface area contributed by atoms with Crippen molar-refractivity contribution in [3.05, 3.63) is 40.4 Å². The molecule has 1 amide bonds. The minimum absolute atomic E-state index is 0.0487. The summed E-state index contributed by atoms with van der Waals surface area (Å²) in [5, 5.41) is 0.721. The SMILES string of the molecule is Cc1ccc(/C=C/C(=O)N2CCC(CN)C2)cc1Cl. The second-order valence-electron chi connectivity index (χ2n) is 5.02. The van der Waals surface area contributed by atoms with Crippen LogP contribution in [0.1, 0.15) is 17.5 Å². The Balaban J connectivity index is 1.98. The monoisotopic (exact) mass is 278 g/mol. The zero-order valence-electron chi connectivity index (χ0n) is 11.1. The van der Waals surface area contributed by atoms with Gasteiger partial charge in [0.05, 0.1) is 0 Å². The maximum absolute atomic E-state index is 12.0. The third kappa shape index (κ3) is 3.58. The number of benzene rings is 1. The van der Waals surface area contributed by atoms with Crippen LogP contribution in [0.3, 0.4) is 0 Å². The molecule has 0 spiro atoms. The van der Waals surface area contributed by atoms with E-state index >= 15 is 0 Å². The highest BCUT2D eigenvalue weighted by Gasteiger charge is 2.23. The van der Waals surface area contributed by atoms with Crippen LogP contribution in [0.4, 0.5) is 0 Å². The number of rotatable bonds is 3. The third-order valence-electron chi connectivity index (χ3n) is 3.55. The lowest BCUT2D eigenvalue weighted by atomic mass is 10.1. The molecule has 1 fully saturated rings. The summed E-state index contributed by atoms with van der Waals surface area (Å²) in [6, 6.07) is 5.78. The molecule has 1 atom stereocenters. The molecule has 1 unspecified atom stereocenters. The first kappa shape index (κ1) is 14.1. The van der Waals surface area contributed by atoms with Crippen LogP contribution >= 0.6 is 11.6 Å². The molecule has 1 aromatic rings. The molecular formula is C15H19ClN2O. The summed E-state index contributed by atoms with van der Waals surface area (Å²) in [7, 11) is 0. The van der Waals surface area contributed by atoms with Crippen LogP contribution in [-0.4, -0.2) is 30.4 Å². The second kappa shape index (κ2) is 6.22. The Labute approximate surface area is 119 Å². The number of aryl methyl sites for hydroxylation is 1. The molecule has 3 nitrogen and oxygen atoms in total. The Kier molecular flexibility index (Phi) is 4.61. The molecule has 0 bridgehead atoms. The van der Waals surface area contributed by atoms with Crippen LogP contribution in [0.15, 0.2) is 24.3 Å². The number of nitrogens with zero attached hydrogens (tertiary/aromatic N) is 1. The lowest BCUT2D eigenvalue weighted by molar-refractivity contribution is -0.125. The molecule has 2 N–H and O–H groups in total. The van der Waals surface area contributed by atoms with E-state index in [1.54, 1.807) is 6.08 Å². The van der Waals surface area contributed by atoms with Gasteiger partial charge in [-0.1, -0.05) is 23.7 Å². The molecule has 2 rings (SSSR count). The van der Waals surface area contributed by atoms with Gasteiger partial charge in [0.1, 0.15) is 0 Å². The van der Waals surface area contributed by atoms with Crippen molar-refractivity contribution in [2.24, 2.45) is 11.7 Å². The Morgan fingerprint density at radius 1 is 1.58 bits per heavy atom. The van der Waals surface area contributed by atoms with Crippen molar-refractivity contribution in [2.75, 3.05) is 19.6 Å². The van der Waals surface area contributed by atoms with Crippen molar-refractivity contribution < 1.29 is 4.79 Å². The highest BCUT2D eigenvalue weighted by Crippen LogP contribution is 2.18. The van der Waals surface area contributed by atoms with E-state index in [2.05, 4.69) is 0 Å². The molecule has 1 heterocycles. The fourth-order valence-corrected chi connectivity index (χ4v) is 2.40. The number of hydrogen-bond donors (Lipinski definition) is 1. The van der Waals surface area contributed by atoms with E-state index in [0.29, 0.717) is 12.5 Å². The predicted octanol–water partition coefficient (Wildman–Crippen LogP) is 2.47. The van der Waals surface area contributed by atoms with E-state index in [0.717, 1.165) is 35.7 Å². The van der Waals surface area contributed by atoms with Crippen molar-refractivity contribution in [3.8, 4) is 0 Å².